The van der Waals surface area contributed by atoms with Crippen LogP contribution >= 0.6 is 0 Å². The van der Waals surface area contributed by atoms with E-state index in [1.165, 1.54) is 7.11 Å². The van der Waals surface area contributed by atoms with Crippen LogP contribution in [0, 0.1) is 5.92 Å². The zero-order chi connectivity index (χ0) is 15.5. The molecule has 0 aromatic heterocycles. The molecule has 112 valence electrons. The van der Waals surface area contributed by atoms with Gasteiger partial charge >= 0.3 is 0 Å². The highest BCUT2D eigenvalue weighted by molar-refractivity contribution is 6.00. The third kappa shape index (κ3) is 3.00. The maximum Gasteiger partial charge on any atom is 0.172 e. The molecular formula is C17H20O4. The lowest BCUT2D eigenvalue weighted by Crippen LogP contribution is -2.41. The average molecular weight is 288 g/mol. The molecule has 0 heterocycles. The van der Waals surface area contributed by atoms with E-state index < -0.39 is 11.5 Å². The van der Waals surface area contributed by atoms with Gasteiger partial charge in [-0.15, -0.1) is 0 Å². The zero-order valence-electron chi connectivity index (χ0n) is 12.5. The van der Waals surface area contributed by atoms with E-state index in [0.717, 1.165) is 0 Å². The molecule has 1 aromatic carbocycles. The minimum absolute atomic E-state index is 0.121. The summed E-state index contributed by atoms with van der Waals surface area (Å²) >= 11 is 0. The highest BCUT2D eigenvalue weighted by Gasteiger charge is 2.39. The van der Waals surface area contributed by atoms with Crippen LogP contribution in [0.1, 0.15) is 23.7 Å². The molecule has 0 spiro atoms. The van der Waals surface area contributed by atoms with E-state index in [1.807, 2.05) is 6.92 Å². The number of aliphatic hydroxyl groups is 1. The van der Waals surface area contributed by atoms with Crippen LogP contribution in [0.3, 0.4) is 0 Å². The molecule has 0 saturated heterocycles. The Kier molecular flexibility index (Phi) is 4.48. The minimum atomic E-state index is -1.23. The van der Waals surface area contributed by atoms with Gasteiger partial charge in [-0.1, -0.05) is 13.0 Å². The number of allylic oxidation sites excluding steroid dienone is 1. The first kappa shape index (κ1) is 15.3. The van der Waals surface area contributed by atoms with Gasteiger partial charge in [0.15, 0.2) is 5.78 Å². The van der Waals surface area contributed by atoms with Crippen LogP contribution in [0.15, 0.2) is 48.3 Å². The summed E-state index contributed by atoms with van der Waals surface area (Å²) in [5.74, 6) is 0.524. The number of Topliss-reactive ketones (excluding diaryl/α,β-unsaturated/α-hetero) is 1. The van der Waals surface area contributed by atoms with Crippen molar-refractivity contribution >= 4 is 5.78 Å². The van der Waals surface area contributed by atoms with E-state index in [1.54, 1.807) is 49.6 Å². The molecule has 0 radical (unpaired) electrons. The molecule has 4 heteroatoms. The maximum atomic E-state index is 12.6. The van der Waals surface area contributed by atoms with Gasteiger partial charge in [-0.05, 0) is 42.8 Å². The van der Waals surface area contributed by atoms with Crippen LogP contribution in [-0.2, 0) is 4.74 Å². The monoisotopic (exact) mass is 288 g/mol. The Hall–Kier alpha value is -2.07. The second-order valence-electron chi connectivity index (χ2n) is 5.03. The standard InChI is InChI=1S/C17H20O4/c1-4-17(19)11-14(21-3)9-10-15(17)16(18)12-5-7-13(20-2)8-6-12/h5-11,15,19H,4H2,1-3H3. The molecular weight excluding hydrogens is 268 g/mol. The predicted molar refractivity (Wildman–Crippen MR) is 80.3 cm³/mol. The van der Waals surface area contributed by atoms with Crippen molar-refractivity contribution in [3.05, 3.63) is 53.8 Å². The molecule has 0 bridgehead atoms. The van der Waals surface area contributed by atoms with Gasteiger partial charge < -0.3 is 14.6 Å². The predicted octanol–water partition coefficient (Wildman–Crippen LogP) is 2.74. The largest absolute Gasteiger partial charge is 0.497 e. The molecule has 0 aliphatic heterocycles. The number of carbonyl (C=O) groups is 1. The summed E-state index contributed by atoms with van der Waals surface area (Å²) in [5, 5.41) is 10.7. The van der Waals surface area contributed by atoms with Crippen LogP contribution in [0.25, 0.3) is 0 Å². The third-order valence-corrected chi connectivity index (χ3v) is 3.84. The number of benzene rings is 1. The average Bonchev–Trinajstić information content (AvgIpc) is 2.54. The van der Waals surface area contributed by atoms with E-state index in [2.05, 4.69) is 0 Å². The fraction of sp³-hybridized carbons (Fsp3) is 0.353. The van der Waals surface area contributed by atoms with Crippen molar-refractivity contribution in [3.63, 3.8) is 0 Å². The Morgan fingerprint density at radius 3 is 2.43 bits per heavy atom. The summed E-state index contributed by atoms with van der Waals surface area (Å²) in [6.07, 6.45) is 5.46. The fourth-order valence-electron chi connectivity index (χ4n) is 2.44. The molecule has 0 fully saturated rings. The Morgan fingerprint density at radius 2 is 1.90 bits per heavy atom. The van der Waals surface area contributed by atoms with Crippen molar-refractivity contribution in [1.29, 1.82) is 0 Å². The van der Waals surface area contributed by atoms with Crippen molar-refractivity contribution in [2.24, 2.45) is 5.92 Å². The van der Waals surface area contributed by atoms with Crippen LogP contribution < -0.4 is 4.74 Å². The van der Waals surface area contributed by atoms with E-state index in [0.29, 0.717) is 23.5 Å². The summed E-state index contributed by atoms with van der Waals surface area (Å²) in [5.41, 5.74) is -0.677. The topological polar surface area (TPSA) is 55.8 Å². The second-order valence-corrected chi connectivity index (χ2v) is 5.03. The molecule has 1 N–H and O–H groups in total. The van der Waals surface area contributed by atoms with Gasteiger partial charge in [-0.25, -0.2) is 0 Å². The Bertz CT molecular complexity index is 571. The lowest BCUT2D eigenvalue weighted by Gasteiger charge is -2.32. The molecule has 2 rings (SSSR count). The first-order valence-electron chi connectivity index (χ1n) is 6.89. The number of ketones is 1. The van der Waals surface area contributed by atoms with Gasteiger partial charge in [-0.2, -0.15) is 0 Å². The zero-order valence-corrected chi connectivity index (χ0v) is 12.5. The summed E-state index contributed by atoms with van der Waals surface area (Å²) in [7, 11) is 3.12. The second kappa shape index (κ2) is 6.14. The molecule has 0 amide bonds. The van der Waals surface area contributed by atoms with Crippen molar-refractivity contribution in [3.8, 4) is 5.75 Å². The summed E-state index contributed by atoms with van der Waals surface area (Å²) < 4.78 is 10.2. The van der Waals surface area contributed by atoms with Gasteiger partial charge in [0.1, 0.15) is 11.5 Å². The van der Waals surface area contributed by atoms with Crippen molar-refractivity contribution in [2.45, 2.75) is 18.9 Å². The van der Waals surface area contributed by atoms with Crippen molar-refractivity contribution < 1.29 is 19.4 Å². The number of rotatable bonds is 5. The van der Waals surface area contributed by atoms with Gasteiger partial charge in [0, 0.05) is 5.56 Å². The number of hydrogen-bond acceptors (Lipinski definition) is 4. The first-order chi connectivity index (χ1) is 10.0. The van der Waals surface area contributed by atoms with Crippen molar-refractivity contribution in [2.75, 3.05) is 14.2 Å². The summed E-state index contributed by atoms with van der Waals surface area (Å²) in [6.45, 7) is 1.84. The van der Waals surface area contributed by atoms with Crippen LogP contribution in [0.5, 0.6) is 5.75 Å². The highest BCUT2D eigenvalue weighted by Crippen LogP contribution is 2.33. The first-order valence-corrected chi connectivity index (χ1v) is 6.89. The highest BCUT2D eigenvalue weighted by atomic mass is 16.5. The fourth-order valence-corrected chi connectivity index (χ4v) is 2.44. The Balaban J connectivity index is 2.29. The lowest BCUT2D eigenvalue weighted by molar-refractivity contribution is 0.0344. The number of hydrogen-bond donors (Lipinski definition) is 1. The maximum absolute atomic E-state index is 12.6. The van der Waals surface area contributed by atoms with Crippen molar-refractivity contribution in [1.82, 2.24) is 0 Å². The Morgan fingerprint density at radius 1 is 1.24 bits per heavy atom. The molecule has 21 heavy (non-hydrogen) atoms. The van der Waals surface area contributed by atoms with Crippen LogP contribution in [0.4, 0.5) is 0 Å². The smallest absolute Gasteiger partial charge is 0.172 e. The molecule has 1 aromatic rings. The number of methoxy groups -OCH3 is 2. The number of ether oxygens (including phenoxy) is 2. The van der Waals surface area contributed by atoms with Gasteiger partial charge in [-0.3, -0.25) is 4.79 Å². The normalized spacial score (nSPS) is 24.4. The SMILES string of the molecule is CCC1(O)C=C(OC)C=CC1C(=O)c1ccc(OC)cc1. The Labute approximate surface area is 124 Å². The van der Waals surface area contributed by atoms with Gasteiger partial charge in [0.05, 0.1) is 25.7 Å². The molecule has 4 nitrogen and oxygen atoms in total. The molecule has 1 aliphatic carbocycles. The van der Waals surface area contributed by atoms with E-state index in [-0.39, 0.29) is 5.78 Å². The van der Waals surface area contributed by atoms with E-state index in [4.69, 9.17) is 9.47 Å². The van der Waals surface area contributed by atoms with Gasteiger partial charge in [0.2, 0.25) is 0 Å². The molecule has 1 aliphatic rings. The lowest BCUT2D eigenvalue weighted by atomic mass is 9.77. The summed E-state index contributed by atoms with van der Waals surface area (Å²) in [6, 6.07) is 6.89. The third-order valence-electron chi connectivity index (χ3n) is 3.84. The molecule has 0 saturated carbocycles. The quantitative estimate of drug-likeness (QED) is 0.846. The minimum Gasteiger partial charge on any atom is -0.497 e. The van der Waals surface area contributed by atoms with Crippen LogP contribution in [0.2, 0.25) is 0 Å². The summed E-state index contributed by atoms with van der Waals surface area (Å²) in [4.78, 5) is 12.6. The van der Waals surface area contributed by atoms with E-state index in [9.17, 15) is 9.90 Å². The van der Waals surface area contributed by atoms with E-state index >= 15 is 0 Å². The number of carbonyl (C=O) groups excluding carboxylic acids is 1. The molecule has 2 unspecified atom stereocenters. The van der Waals surface area contributed by atoms with Gasteiger partial charge in [0.25, 0.3) is 0 Å². The molecule has 2 atom stereocenters. The van der Waals surface area contributed by atoms with Crippen LogP contribution in [-0.4, -0.2) is 30.7 Å².